The van der Waals surface area contributed by atoms with Crippen molar-refractivity contribution in [3.8, 4) is 0 Å². The monoisotopic (exact) mass is 339 g/mol. The molecule has 0 aliphatic carbocycles. The van der Waals surface area contributed by atoms with E-state index in [1.807, 2.05) is 0 Å². The van der Waals surface area contributed by atoms with E-state index in [4.69, 9.17) is 5.11 Å². The molecular formula is C12H13BrF3NO2. The first-order valence-electron chi connectivity index (χ1n) is 5.48. The van der Waals surface area contributed by atoms with Crippen molar-refractivity contribution in [2.75, 3.05) is 5.32 Å². The number of aliphatic carboxylic acids is 1. The Morgan fingerprint density at radius 3 is 2.42 bits per heavy atom. The van der Waals surface area contributed by atoms with E-state index in [2.05, 4.69) is 21.2 Å². The van der Waals surface area contributed by atoms with Gasteiger partial charge in [-0.15, -0.1) is 0 Å². The molecule has 0 aliphatic heterocycles. The average molecular weight is 340 g/mol. The summed E-state index contributed by atoms with van der Waals surface area (Å²) in [5.41, 5.74) is -2.61. The predicted octanol–water partition coefficient (Wildman–Crippen LogP) is 4.13. The molecule has 0 aromatic heterocycles. The summed E-state index contributed by atoms with van der Waals surface area (Å²) < 4.78 is 39.0. The number of carboxylic acid groups (broad SMARTS) is 1. The summed E-state index contributed by atoms with van der Waals surface area (Å²) >= 11 is 3.07. The number of nitrogens with one attached hydrogen (secondary N) is 1. The lowest BCUT2D eigenvalue weighted by molar-refractivity contribution is -0.142. The minimum absolute atomic E-state index is 0.145. The molecule has 1 aromatic carbocycles. The topological polar surface area (TPSA) is 49.3 Å². The van der Waals surface area contributed by atoms with E-state index in [-0.39, 0.29) is 12.1 Å². The molecule has 1 aromatic rings. The van der Waals surface area contributed by atoms with Crippen molar-refractivity contribution < 1.29 is 23.1 Å². The minimum Gasteiger partial charge on any atom is -0.480 e. The Labute approximate surface area is 116 Å². The van der Waals surface area contributed by atoms with Gasteiger partial charge in [-0.2, -0.15) is 13.2 Å². The highest BCUT2D eigenvalue weighted by molar-refractivity contribution is 9.10. The molecule has 0 spiro atoms. The van der Waals surface area contributed by atoms with Crippen LogP contribution in [0.25, 0.3) is 0 Å². The highest BCUT2D eigenvalue weighted by Crippen LogP contribution is 2.37. The van der Waals surface area contributed by atoms with Crippen molar-refractivity contribution in [2.24, 2.45) is 0 Å². The van der Waals surface area contributed by atoms with Gasteiger partial charge in [0.05, 0.1) is 5.56 Å². The molecule has 19 heavy (non-hydrogen) atoms. The number of rotatable bonds is 4. The average Bonchev–Trinajstić information content (AvgIpc) is 2.26. The maximum absolute atomic E-state index is 12.9. The Morgan fingerprint density at radius 1 is 1.42 bits per heavy atom. The van der Waals surface area contributed by atoms with Gasteiger partial charge in [-0.1, -0.05) is 22.9 Å². The van der Waals surface area contributed by atoms with Gasteiger partial charge in [0.1, 0.15) is 5.54 Å². The first-order valence-corrected chi connectivity index (χ1v) is 6.28. The smallest absolute Gasteiger partial charge is 0.418 e. The van der Waals surface area contributed by atoms with Gasteiger partial charge in [-0.3, -0.25) is 0 Å². The van der Waals surface area contributed by atoms with Crippen LogP contribution in [0.2, 0.25) is 0 Å². The summed E-state index contributed by atoms with van der Waals surface area (Å²) in [7, 11) is 0. The third-order valence-electron chi connectivity index (χ3n) is 2.88. The number of alkyl halides is 3. The summed E-state index contributed by atoms with van der Waals surface area (Å²) in [5, 5.41) is 11.6. The molecule has 0 fully saturated rings. The van der Waals surface area contributed by atoms with Gasteiger partial charge in [-0.25, -0.2) is 4.79 Å². The lowest BCUT2D eigenvalue weighted by Gasteiger charge is -2.27. The molecule has 1 unspecified atom stereocenters. The largest absolute Gasteiger partial charge is 0.480 e. The molecule has 0 radical (unpaired) electrons. The van der Waals surface area contributed by atoms with Gasteiger partial charge in [0.15, 0.2) is 0 Å². The lowest BCUT2D eigenvalue weighted by Crippen LogP contribution is -2.43. The number of carboxylic acids is 1. The second kappa shape index (κ2) is 5.40. The summed E-state index contributed by atoms with van der Waals surface area (Å²) in [4.78, 5) is 11.1. The molecule has 0 saturated heterocycles. The Balaban J connectivity index is 3.27. The molecule has 1 atom stereocenters. The van der Waals surface area contributed by atoms with Crippen LogP contribution in [0.3, 0.4) is 0 Å². The van der Waals surface area contributed by atoms with Crippen LogP contribution in [0, 0.1) is 0 Å². The van der Waals surface area contributed by atoms with Gasteiger partial charge in [0, 0.05) is 10.2 Å². The van der Waals surface area contributed by atoms with E-state index in [9.17, 15) is 18.0 Å². The number of halogens is 4. The van der Waals surface area contributed by atoms with Gasteiger partial charge >= 0.3 is 12.1 Å². The molecule has 3 nitrogen and oxygen atoms in total. The van der Waals surface area contributed by atoms with Crippen molar-refractivity contribution in [1.82, 2.24) is 0 Å². The summed E-state index contributed by atoms with van der Waals surface area (Å²) in [6, 6.07) is 3.39. The van der Waals surface area contributed by atoms with Gasteiger partial charge in [0.2, 0.25) is 0 Å². The third kappa shape index (κ3) is 3.62. The van der Waals surface area contributed by atoms with Gasteiger partial charge in [0.25, 0.3) is 0 Å². The summed E-state index contributed by atoms with van der Waals surface area (Å²) in [6.07, 6.45) is -4.40. The Bertz CT molecular complexity index is 490. The van der Waals surface area contributed by atoms with Crippen molar-refractivity contribution in [1.29, 1.82) is 0 Å². The van der Waals surface area contributed by atoms with E-state index in [1.165, 1.54) is 19.1 Å². The molecule has 0 aliphatic rings. The molecule has 0 saturated carbocycles. The normalized spacial score (nSPS) is 14.8. The van der Waals surface area contributed by atoms with Crippen LogP contribution >= 0.6 is 15.9 Å². The predicted molar refractivity (Wildman–Crippen MR) is 69.1 cm³/mol. The molecule has 7 heteroatoms. The fourth-order valence-electron chi connectivity index (χ4n) is 1.46. The van der Waals surface area contributed by atoms with Crippen LogP contribution in [-0.4, -0.2) is 16.6 Å². The molecular weight excluding hydrogens is 327 g/mol. The number of hydrogen-bond acceptors (Lipinski definition) is 2. The maximum atomic E-state index is 12.9. The Morgan fingerprint density at radius 2 is 2.00 bits per heavy atom. The number of hydrogen-bond donors (Lipinski definition) is 2. The first kappa shape index (κ1) is 15.8. The van der Waals surface area contributed by atoms with Gasteiger partial charge in [-0.05, 0) is 31.5 Å². The number of anilines is 1. The second-order valence-corrected chi connectivity index (χ2v) is 5.22. The number of benzene rings is 1. The number of carbonyl (C=O) groups is 1. The third-order valence-corrected chi connectivity index (χ3v) is 3.37. The molecule has 2 N–H and O–H groups in total. The van der Waals surface area contributed by atoms with Crippen LogP contribution in [0.15, 0.2) is 22.7 Å². The highest BCUT2D eigenvalue weighted by Gasteiger charge is 2.37. The standard InChI is InChI=1S/C12H13BrF3NO2/c1-3-11(2,10(18)19)17-9-6-7(13)4-5-8(9)12(14,15)16/h4-6,17H,3H2,1-2H3,(H,18,19). The zero-order chi connectivity index (χ0) is 14.8. The van der Waals surface area contributed by atoms with Crippen molar-refractivity contribution >= 4 is 27.6 Å². The zero-order valence-electron chi connectivity index (χ0n) is 10.3. The van der Waals surface area contributed by atoms with Crippen molar-refractivity contribution in [2.45, 2.75) is 32.0 Å². The van der Waals surface area contributed by atoms with E-state index in [0.29, 0.717) is 4.47 Å². The molecule has 1 rings (SSSR count). The van der Waals surface area contributed by atoms with Crippen LogP contribution in [0.5, 0.6) is 0 Å². The van der Waals surface area contributed by atoms with E-state index in [1.54, 1.807) is 6.92 Å². The maximum Gasteiger partial charge on any atom is 0.418 e. The molecule has 106 valence electrons. The van der Waals surface area contributed by atoms with Crippen molar-refractivity contribution in [3.63, 3.8) is 0 Å². The van der Waals surface area contributed by atoms with Crippen LogP contribution in [0.4, 0.5) is 18.9 Å². The zero-order valence-corrected chi connectivity index (χ0v) is 11.9. The van der Waals surface area contributed by atoms with E-state index < -0.39 is 23.2 Å². The fourth-order valence-corrected chi connectivity index (χ4v) is 1.82. The fraction of sp³-hybridized carbons (Fsp3) is 0.417. The van der Waals surface area contributed by atoms with Crippen LogP contribution < -0.4 is 5.32 Å². The summed E-state index contributed by atoms with van der Waals surface area (Å²) in [5.74, 6) is -1.21. The first-order chi connectivity index (χ1) is 8.60. The van der Waals surface area contributed by atoms with E-state index >= 15 is 0 Å². The Kier molecular flexibility index (Phi) is 4.50. The summed E-state index contributed by atoms with van der Waals surface area (Å²) in [6.45, 7) is 2.93. The minimum atomic E-state index is -4.55. The SMILES string of the molecule is CCC(C)(Nc1cc(Br)ccc1C(F)(F)F)C(=O)O. The lowest BCUT2D eigenvalue weighted by atomic mass is 9.98. The van der Waals surface area contributed by atoms with Crippen LogP contribution in [0.1, 0.15) is 25.8 Å². The van der Waals surface area contributed by atoms with Gasteiger partial charge < -0.3 is 10.4 Å². The molecule has 0 bridgehead atoms. The highest BCUT2D eigenvalue weighted by atomic mass is 79.9. The van der Waals surface area contributed by atoms with Crippen molar-refractivity contribution in [3.05, 3.63) is 28.2 Å². The quantitative estimate of drug-likeness (QED) is 0.866. The molecule has 0 heterocycles. The second-order valence-electron chi connectivity index (χ2n) is 4.30. The molecule has 0 amide bonds. The van der Waals surface area contributed by atoms with Crippen LogP contribution in [-0.2, 0) is 11.0 Å². The van der Waals surface area contributed by atoms with E-state index in [0.717, 1.165) is 6.07 Å². The Hall–Kier alpha value is -1.24.